The van der Waals surface area contributed by atoms with Crippen LogP contribution in [-0.2, 0) is 0 Å². The minimum atomic E-state index is -0.500. The Bertz CT molecular complexity index is 100. The molecule has 0 saturated heterocycles. The Balaban J connectivity index is -0.0000000277. The molecule has 0 unspecified atom stereocenters. The van der Waals surface area contributed by atoms with Gasteiger partial charge in [0.05, 0.1) is 16.8 Å². The summed E-state index contributed by atoms with van der Waals surface area (Å²) < 4.78 is 0. The van der Waals surface area contributed by atoms with Gasteiger partial charge >= 0.3 is 18.9 Å². The average Bonchev–Trinajstić information content (AvgIpc) is 1.41. The molecule has 0 aliphatic rings. The fourth-order valence-corrected chi connectivity index (χ4v) is 0. The first-order valence-corrected chi connectivity index (χ1v) is 5.17. The van der Waals surface area contributed by atoms with E-state index in [2.05, 4.69) is 0 Å². The summed E-state index contributed by atoms with van der Waals surface area (Å²) in [7, 11) is 0. The predicted octanol–water partition coefficient (Wildman–Crippen LogP) is -0.306. The summed E-state index contributed by atoms with van der Waals surface area (Å²) in [5, 5.41) is 25.6. The molecule has 0 heterocycles. The van der Waals surface area contributed by atoms with Crippen molar-refractivity contribution in [3.63, 3.8) is 0 Å². The molecule has 4 heteroatoms. The second-order valence-electron chi connectivity index (χ2n) is 6.51. The first-order valence-electron chi connectivity index (χ1n) is 5.17. The van der Waals surface area contributed by atoms with Crippen LogP contribution in [-0.4, -0.2) is 32.1 Å². The first kappa shape index (κ1) is 25.4. The van der Waals surface area contributed by atoms with Gasteiger partial charge in [-0.15, -0.1) is 0 Å². The van der Waals surface area contributed by atoms with E-state index in [1.54, 1.807) is 62.3 Å². The third kappa shape index (κ3) is 11500. The smallest absolute Gasteiger partial charge is 1.00 e. The van der Waals surface area contributed by atoms with Crippen LogP contribution in [0.25, 0.3) is 0 Å². The summed E-state index contributed by atoms with van der Waals surface area (Å²) >= 11 is 0. The maximum Gasteiger partial charge on any atom is 1.00 e. The maximum absolute atomic E-state index is 8.52. The molecule has 0 amide bonds. The monoisotopic (exact) mass is 232 g/mol. The van der Waals surface area contributed by atoms with Crippen molar-refractivity contribution in [2.24, 2.45) is 0 Å². The van der Waals surface area contributed by atoms with Crippen LogP contribution in [0.4, 0.5) is 0 Å². The molecular formula is C12H33LiO3. The van der Waals surface area contributed by atoms with Gasteiger partial charge in [-0.2, -0.15) is 0 Å². The number of hydrogen-bond donors (Lipinski definition) is 3. The first-order chi connectivity index (χ1) is 6.00. The van der Waals surface area contributed by atoms with Crippen molar-refractivity contribution >= 4 is 0 Å². The van der Waals surface area contributed by atoms with Crippen molar-refractivity contribution in [1.29, 1.82) is 0 Å². The number of aliphatic hydroxyl groups is 3. The Morgan fingerprint density at radius 3 is 0.562 bits per heavy atom. The summed E-state index contributed by atoms with van der Waals surface area (Å²) in [5.74, 6) is 0. The van der Waals surface area contributed by atoms with E-state index >= 15 is 0 Å². The molecule has 0 aromatic heterocycles. The molecule has 0 radical (unpaired) electrons. The van der Waals surface area contributed by atoms with Gasteiger partial charge in [0.15, 0.2) is 0 Å². The molecule has 0 aromatic rings. The minimum absolute atomic E-state index is 0. The van der Waals surface area contributed by atoms with Gasteiger partial charge in [0.2, 0.25) is 0 Å². The van der Waals surface area contributed by atoms with Gasteiger partial charge < -0.3 is 16.7 Å². The van der Waals surface area contributed by atoms with Crippen LogP contribution in [0.3, 0.4) is 0 Å². The fourth-order valence-electron chi connectivity index (χ4n) is 0. The van der Waals surface area contributed by atoms with E-state index in [1.807, 2.05) is 0 Å². The Morgan fingerprint density at radius 2 is 0.562 bits per heavy atom. The van der Waals surface area contributed by atoms with E-state index < -0.39 is 16.8 Å². The largest absolute Gasteiger partial charge is 1.00 e. The molecule has 0 bridgehead atoms. The zero-order valence-corrected chi connectivity index (χ0v) is 12.8. The zero-order valence-electron chi connectivity index (χ0n) is 13.8. The van der Waals surface area contributed by atoms with Crippen molar-refractivity contribution in [1.82, 2.24) is 0 Å². The van der Waals surface area contributed by atoms with Gasteiger partial charge in [-0.25, -0.2) is 0 Å². The van der Waals surface area contributed by atoms with Gasteiger partial charge in [0.1, 0.15) is 0 Å². The molecule has 0 saturated carbocycles. The minimum Gasteiger partial charge on any atom is -1.00 e. The predicted molar refractivity (Wildman–Crippen MR) is 69.1 cm³/mol. The molecule has 0 aromatic carbocycles. The SMILES string of the molecule is CC(C)(C)O.CC(C)(C)O.CC(C)(C)O.[H-].[HH].[Li+]. The van der Waals surface area contributed by atoms with Crippen LogP contribution in [0.15, 0.2) is 0 Å². The zero-order chi connectivity index (χ0) is 13.5. The molecule has 0 aliphatic carbocycles. The Morgan fingerprint density at radius 1 is 0.562 bits per heavy atom. The molecule has 16 heavy (non-hydrogen) atoms. The maximum atomic E-state index is 8.52. The van der Waals surface area contributed by atoms with Crippen LogP contribution < -0.4 is 18.9 Å². The van der Waals surface area contributed by atoms with Gasteiger partial charge in [-0.05, 0) is 62.3 Å². The quantitative estimate of drug-likeness (QED) is 0.502. The van der Waals surface area contributed by atoms with Crippen molar-refractivity contribution in [3.8, 4) is 0 Å². The van der Waals surface area contributed by atoms with E-state index in [0.717, 1.165) is 0 Å². The molecule has 0 rings (SSSR count). The van der Waals surface area contributed by atoms with Gasteiger partial charge in [0.25, 0.3) is 0 Å². The van der Waals surface area contributed by atoms with Crippen LogP contribution in [0.2, 0.25) is 0 Å². The Hall–Kier alpha value is 0.477. The standard InChI is InChI=1S/3C4H10O.Li.H2.H/c3*1-4(2,3)5;;;/h3*5H,1-3H3;;1H;/q;;;+1;;-1. The number of rotatable bonds is 0. The van der Waals surface area contributed by atoms with E-state index in [9.17, 15) is 0 Å². The number of hydrogen-bond acceptors (Lipinski definition) is 3. The van der Waals surface area contributed by atoms with Crippen molar-refractivity contribution in [2.45, 2.75) is 79.1 Å². The van der Waals surface area contributed by atoms with Gasteiger partial charge in [0, 0.05) is 1.43 Å². The normalized spacial score (nSPS) is 11.2. The Labute approximate surface area is 116 Å². The summed E-state index contributed by atoms with van der Waals surface area (Å²) in [6, 6.07) is 0. The molecule has 0 atom stereocenters. The molecule has 0 spiro atoms. The van der Waals surface area contributed by atoms with Crippen molar-refractivity contribution < 1.29 is 37.0 Å². The summed E-state index contributed by atoms with van der Waals surface area (Å²) in [6.45, 7) is 15.7. The van der Waals surface area contributed by atoms with Crippen LogP contribution in [0.1, 0.15) is 65.2 Å². The van der Waals surface area contributed by atoms with E-state index in [4.69, 9.17) is 15.3 Å². The average molecular weight is 232 g/mol. The van der Waals surface area contributed by atoms with E-state index in [0.29, 0.717) is 0 Å². The molecule has 100 valence electrons. The van der Waals surface area contributed by atoms with Crippen LogP contribution >= 0.6 is 0 Å². The third-order valence-electron chi connectivity index (χ3n) is 0. The molecule has 0 aliphatic heterocycles. The van der Waals surface area contributed by atoms with E-state index in [-0.39, 0.29) is 21.7 Å². The molecular weight excluding hydrogens is 199 g/mol. The molecule has 3 N–H and O–H groups in total. The van der Waals surface area contributed by atoms with Crippen LogP contribution in [0.5, 0.6) is 0 Å². The van der Waals surface area contributed by atoms with Crippen molar-refractivity contribution in [2.75, 3.05) is 0 Å². The summed E-state index contributed by atoms with van der Waals surface area (Å²) in [5.41, 5.74) is -1.50. The fraction of sp³-hybridized carbons (Fsp3) is 1.00. The second-order valence-corrected chi connectivity index (χ2v) is 6.51. The summed E-state index contributed by atoms with van der Waals surface area (Å²) in [6.07, 6.45) is 0. The summed E-state index contributed by atoms with van der Waals surface area (Å²) in [4.78, 5) is 0. The van der Waals surface area contributed by atoms with Gasteiger partial charge in [-0.3, -0.25) is 0 Å². The van der Waals surface area contributed by atoms with E-state index in [1.165, 1.54) is 0 Å². The topological polar surface area (TPSA) is 60.7 Å². The molecule has 0 fully saturated rings. The van der Waals surface area contributed by atoms with Crippen molar-refractivity contribution in [3.05, 3.63) is 0 Å². The Kier molecular flexibility index (Phi) is 15.1. The van der Waals surface area contributed by atoms with Crippen LogP contribution in [0, 0.1) is 0 Å². The third-order valence-corrected chi connectivity index (χ3v) is 0. The second kappa shape index (κ2) is 9.50. The van der Waals surface area contributed by atoms with Gasteiger partial charge in [-0.1, -0.05) is 0 Å². The molecule has 3 nitrogen and oxygen atoms in total.